The van der Waals surface area contributed by atoms with Gasteiger partial charge in [-0.1, -0.05) is 73.5 Å². The van der Waals surface area contributed by atoms with Crippen LogP contribution in [0.3, 0.4) is 0 Å². The van der Waals surface area contributed by atoms with Gasteiger partial charge in [-0.05, 0) is 79.6 Å². The van der Waals surface area contributed by atoms with Crippen LogP contribution in [-0.4, -0.2) is 11.6 Å². The van der Waals surface area contributed by atoms with Crippen molar-refractivity contribution < 1.29 is 0 Å². The molecule has 0 bridgehead atoms. The molecule has 0 amide bonds. The van der Waals surface area contributed by atoms with E-state index < -0.39 is 0 Å². The van der Waals surface area contributed by atoms with E-state index in [9.17, 15) is 0 Å². The highest BCUT2D eigenvalue weighted by molar-refractivity contribution is 6.31. The molecule has 1 heterocycles. The Morgan fingerprint density at radius 2 is 1.70 bits per heavy atom. The number of hydrogen-bond acceptors (Lipinski definition) is 1. The van der Waals surface area contributed by atoms with Gasteiger partial charge in [-0.25, -0.2) is 0 Å². The number of aromatic nitrogens is 1. The lowest BCUT2D eigenvalue weighted by Gasteiger charge is -2.15. The minimum Gasteiger partial charge on any atom is -0.388 e. The summed E-state index contributed by atoms with van der Waals surface area (Å²) in [7, 11) is 1.87. The molecular formula is C29H34Cl2N2. The van der Waals surface area contributed by atoms with Crippen LogP contribution in [0.4, 0.5) is 5.69 Å². The summed E-state index contributed by atoms with van der Waals surface area (Å²) >= 11 is 11.7. The molecule has 4 heteroatoms. The van der Waals surface area contributed by atoms with Crippen LogP contribution in [0.1, 0.15) is 53.8 Å². The standard InChI is InChI=1S/C22H26ClN.C7H8ClN/c1-4-16(2)22-17(3)24(15-18-11-13-19(23)14-12-18)21-10-8-6-5-7-9-20(21)22;1-9-7-4-2-3-6(8)5-7/h4,11-14H,1-2,5-10,15H2,3H3;2-5,9H,1H3. The minimum atomic E-state index is 0.766. The molecule has 0 spiro atoms. The minimum absolute atomic E-state index is 0.766. The maximum atomic E-state index is 6.04. The molecule has 0 saturated heterocycles. The normalized spacial score (nSPS) is 13.1. The molecule has 3 aromatic rings. The van der Waals surface area contributed by atoms with E-state index in [1.165, 1.54) is 53.8 Å². The Labute approximate surface area is 208 Å². The third-order valence-corrected chi connectivity index (χ3v) is 6.75. The predicted octanol–water partition coefficient (Wildman–Crippen LogP) is 8.74. The maximum Gasteiger partial charge on any atom is 0.0475 e. The number of anilines is 1. The molecule has 0 saturated carbocycles. The zero-order chi connectivity index (χ0) is 23.8. The smallest absolute Gasteiger partial charge is 0.0475 e. The Balaban J connectivity index is 0.000000286. The second-order valence-electron chi connectivity index (χ2n) is 8.50. The first-order chi connectivity index (χ1) is 15.9. The third-order valence-electron chi connectivity index (χ3n) is 6.27. The third kappa shape index (κ3) is 6.56. The number of hydrogen-bond donors (Lipinski definition) is 1. The number of nitrogens with zero attached hydrogens (tertiary/aromatic N) is 1. The number of benzene rings is 2. The van der Waals surface area contributed by atoms with Crippen molar-refractivity contribution in [3.8, 4) is 0 Å². The first-order valence-electron chi connectivity index (χ1n) is 11.6. The van der Waals surface area contributed by atoms with Crippen molar-refractivity contribution in [3.63, 3.8) is 0 Å². The fraction of sp³-hybridized carbons (Fsp3) is 0.310. The molecule has 1 aliphatic rings. The zero-order valence-electron chi connectivity index (χ0n) is 19.8. The summed E-state index contributed by atoms with van der Waals surface area (Å²) in [5.74, 6) is 0. The highest BCUT2D eigenvalue weighted by Crippen LogP contribution is 2.33. The Morgan fingerprint density at radius 3 is 2.30 bits per heavy atom. The van der Waals surface area contributed by atoms with Crippen LogP contribution >= 0.6 is 23.2 Å². The van der Waals surface area contributed by atoms with Gasteiger partial charge in [0.2, 0.25) is 0 Å². The van der Waals surface area contributed by atoms with Crippen LogP contribution in [0.5, 0.6) is 0 Å². The second-order valence-corrected chi connectivity index (χ2v) is 9.38. The van der Waals surface area contributed by atoms with Gasteiger partial charge >= 0.3 is 0 Å². The van der Waals surface area contributed by atoms with Crippen LogP contribution < -0.4 is 5.32 Å². The van der Waals surface area contributed by atoms with E-state index in [1.54, 1.807) is 0 Å². The van der Waals surface area contributed by atoms with Crippen LogP contribution in [0.2, 0.25) is 10.0 Å². The van der Waals surface area contributed by atoms with Crippen LogP contribution in [0.25, 0.3) is 5.57 Å². The van der Waals surface area contributed by atoms with Gasteiger partial charge in [-0.2, -0.15) is 0 Å². The van der Waals surface area contributed by atoms with Gasteiger partial charge < -0.3 is 9.88 Å². The summed E-state index contributed by atoms with van der Waals surface area (Å²) in [4.78, 5) is 0. The second kappa shape index (κ2) is 12.2. The molecular weight excluding hydrogens is 447 g/mol. The topological polar surface area (TPSA) is 17.0 Å². The molecule has 4 rings (SSSR count). The number of rotatable bonds is 5. The van der Waals surface area contributed by atoms with Crippen LogP contribution in [0.15, 0.2) is 67.8 Å². The molecule has 0 radical (unpaired) electrons. The van der Waals surface area contributed by atoms with Crippen LogP contribution in [0, 0.1) is 6.92 Å². The molecule has 1 N–H and O–H groups in total. The summed E-state index contributed by atoms with van der Waals surface area (Å²) in [5.41, 5.74) is 9.05. The molecule has 33 heavy (non-hydrogen) atoms. The molecule has 0 unspecified atom stereocenters. The van der Waals surface area contributed by atoms with E-state index in [2.05, 4.69) is 42.1 Å². The first kappa shape index (κ1) is 25.2. The van der Waals surface area contributed by atoms with Crippen molar-refractivity contribution in [2.24, 2.45) is 0 Å². The number of allylic oxidation sites excluding steroid dienone is 2. The molecule has 174 valence electrons. The van der Waals surface area contributed by atoms with Gasteiger partial charge in [0.05, 0.1) is 0 Å². The van der Waals surface area contributed by atoms with E-state index in [4.69, 9.17) is 23.2 Å². The average Bonchev–Trinajstić information content (AvgIpc) is 3.04. The van der Waals surface area contributed by atoms with Crippen molar-refractivity contribution in [2.45, 2.75) is 52.0 Å². The quantitative estimate of drug-likeness (QED) is 0.361. The highest BCUT2D eigenvalue weighted by Gasteiger charge is 2.21. The number of halogens is 2. The lowest BCUT2D eigenvalue weighted by molar-refractivity contribution is 0.591. The highest BCUT2D eigenvalue weighted by atomic mass is 35.5. The molecule has 0 aliphatic heterocycles. The van der Waals surface area contributed by atoms with E-state index in [-0.39, 0.29) is 0 Å². The van der Waals surface area contributed by atoms with Gasteiger partial charge in [0.15, 0.2) is 0 Å². The SMILES string of the molecule is C=CC(=C)c1c2c(n(Cc3ccc(Cl)cc3)c1C)CCCCCC2.CNc1cccc(Cl)c1. The Bertz CT molecular complexity index is 1090. The summed E-state index contributed by atoms with van der Waals surface area (Å²) in [5, 5.41) is 4.54. The Kier molecular flexibility index (Phi) is 9.29. The molecule has 2 nitrogen and oxygen atoms in total. The Hall–Kier alpha value is -2.42. The molecule has 1 aromatic heterocycles. The zero-order valence-corrected chi connectivity index (χ0v) is 21.3. The fourth-order valence-electron chi connectivity index (χ4n) is 4.52. The molecule has 0 fully saturated rings. The average molecular weight is 482 g/mol. The number of fused-ring (bicyclic) bond motifs is 1. The molecule has 0 atom stereocenters. The predicted molar refractivity (Wildman–Crippen MR) is 146 cm³/mol. The fourth-order valence-corrected chi connectivity index (χ4v) is 4.84. The van der Waals surface area contributed by atoms with Crippen molar-refractivity contribution in [1.82, 2.24) is 4.57 Å². The van der Waals surface area contributed by atoms with Gasteiger partial charge in [0.25, 0.3) is 0 Å². The molecule has 2 aromatic carbocycles. The number of nitrogens with one attached hydrogen (secondary N) is 1. The van der Waals surface area contributed by atoms with Gasteiger partial charge in [-0.3, -0.25) is 0 Å². The lowest BCUT2D eigenvalue weighted by Crippen LogP contribution is -2.09. The van der Waals surface area contributed by atoms with Gasteiger partial charge in [-0.15, -0.1) is 0 Å². The molecule has 1 aliphatic carbocycles. The van der Waals surface area contributed by atoms with Crippen molar-refractivity contribution in [3.05, 3.63) is 106 Å². The largest absolute Gasteiger partial charge is 0.388 e. The summed E-state index contributed by atoms with van der Waals surface area (Å²) in [6.45, 7) is 11.3. The van der Waals surface area contributed by atoms with Gasteiger partial charge in [0.1, 0.15) is 0 Å². The van der Waals surface area contributed by atoms with Crippen LogP contribution in [-0.2, 0) is 19.4 Å². The Morgan fingerprint density at radius 1 is 1.00 bits per heavy atom. The van der Waals surface area contributed by atoms with E-state index in [0.29, 0.717) is 0 Å². The first-order valence-corrected chi connectivity index (χ1v) is 12.4. The monoisotopic (exact) mass is 480 g/mol. The summed E-state index contributed by atoms with van der Waals surface area (Å²) in [6, 6.07) is 15.8. The maximum absolute atomic E-state index is 6.04. The van der Waals surface area contributed by atoms with E-state index in [1.807, 2.05) is 49.5 Å². The summed E-state index contributed by atoms with van der Waals surface area (Å²) in [6.07, 6.45) is 9.43. The lowest BCUT2D eigenvalue weighted by atomic mass is 9.93. The van der Waals surface area contributed by atoms with Crippen molar-refractivity contribution >= 4 is 34.5 Å². The summed E-state index contributed by atoms with van der Waals surface area (Å²) < 4.78 is 2.49. The van der Waals surface area contributed by atoms with Gasteiger partial charge in [0, 0.05) is 46.3 Å². The van der Waals surface area contributed by atoms with Crippen molar-refractivity contribution in [1.29, 1.82) is 0 Å². The van der Waals surface area contributed by atoms with Crippen molar-refractivity contribution in [2.75, 3.05) is 12.4 Å². The van der Waals surface area contributed by atoms with E-state index >= 15 is 0 Å². The van der Waals surface area contributed by atoms with E-state index in [0.717, 1.165) is 40.7 Å².